The largest absolute Gasteiger partial charge is 0.384 e. The number of rotatable bonds is 5. The number of amides is 1. The first kappa shape index (κ1) is 14.8. The molecule has 1 amide bonds. The van der Waals surface area contributed by atoms with Crippen molar-refractivity contribution in [1.82, 2.24) is 15.2 Å². The van der Waals surface area contributed by atoms with Gasteiger partial charge in [0.2, 0.25) is 0 Å². The van der Waals surface area contributed by atoms with Gasteiger partial charge in [-0.25, -0.2) is 4.98 Å². The third-order valence-corrected chi connectivity index (χ3v) is 3.84. The molecule has 1 aromatic rings. The Morgan fingerprint density at radius 3 is 3.00 bits per heavy atom. The molecule has 0 radical (unpaired) electrons. The maximum atomic E-state index is 12.2. The second kappa shape index (κ2) is 6.70. The maximum absolute atomic E-state index is 12.2. The number of pyridine rings is 1. The van der Waals surface area contributed by atoms with E-state index in [0.29, 0.717) is 24.0 Å². The van der Waals surface area contributed by atoms with Crippen molar-refractivity contribution in [1.29, 1.82) is 0 Å². The molecular formula is C15H24N4O. The van der Waals surface area contributed by atoms with E-state index in [2.05, 4.69) is 29.2 Å². The molecule has 1 aliphatic rings. The second-order valence-corrected chi connectivity index (χ2v) is 5.51. The van der Waals surface area contributed by atoms with Gasteiger partial charge in [-0.05, 0) is 45.0 Å². The van der Waals surface area contributed by atoms with Crippen LogP contribution in [0.4, 0.5) is 5.82 Å². The molecule has 1 aliphatic heterocycles. The summed E-state index contributed by atoms with van der Waals surface area (Å²) in [7, 11) is 2.10. The van der Waals surface area contributed by atoms with Gasteiger partial charge in [0.05, 0.1) is 0 Å². The van der Waals surface area contributed by atoms with Gasteiger partial charge in [-0.2, -0.15) is 0 Å². The number of likely N-dealkylation sites (tertiary alicyclic amines) is 1. The SMILES string of the molecule is CCCc1cc(C(=O)NCC2CCCN2C)cc(N)n1. The summed E-state index contributed by atoms with van der Waals surface area (Å²) in [6.07, 6.45) is 4.19. The predicted octanol–water partition coefficient (Wildman–Crippen LogP) is 1.44. The predicted molar refractivity (Wildman–Crippen MR) is 80.6 cm³/mol. The summed E-state index contributed by atoms with van der Waals surface area (Å²) in [6.45, 7) is 3.89. The fourth-order valence-electron chi connectivity index (χ4n) is 2.68. The highest BCUT2D eigenvalue weighted by Gasteiger charge is 2.21. The molecule has 1 aromatic heterocycles. The van der Waals surface area contributed by atoms with E-state index in [4.69, 9.17) is 5.73 Å². The van der Waals surface area contributed by atoms with E-state index in [0.717, 1.165) is 31.5 Å². The highest BCUT2D eigenvalue weighted by Crippen LogP contribution is 2.14. The molecule has 1 fully saturated rings. The molecular weight excluding hydrogens is 252 g/mol. The molecule has 1 unspecified atom stereocenters. The zero-order valence-corrected chi connectivity index (χ0v) is 12.4. The fraction of sp³-hybridized carbons (Fsp3) is 0.600. The van der Waals surface area contributed by atoms with E-state index in [1.165, 1.54) is 6.42 Å². The molecule has 110 valence electrons. The standard InChI is InChI=1S/C15H24N4O/c1-3-5-12-8-11(9-14(16)18-12)15(20)17-10-13-6-4-7-19(13)2/h8-9,13H,3-7,10H2,1-2H3,(H2,16,18)(H,17,20). The van der Waals surface area contributed by atoms with Crippen LogP contribution in [0.1, 0.15) is 42.2 Å². The van der Waals surface area contributed by atoms with Crippen molar-refractivity contribution < 1.29 is 4.79 Å². The van der Waals surface area contributed by atoms with Gasteiger partial charge in [0, 0.05) is 23.8 Å². The minimum atomic E-state index is -0.0586. The lowest BCUT2D eigenvalue weighted by atomic mass is 10.1. The Balaban J connectivity index is 1.97. The Kier molecular flexibility index (Phi) is 4.95. The van der Waals surface area contributed by atoms with Crippen LogP contribution in [0.5, 0.6) is 0 Å². The summed E-state index contributed by atoms with van der Waals surface area (Å²) in [6, 6.07) is 3.94. The summed E-state index contributed by atoms with van der Waals surface area (Å²) in [5.41, 5.74) is 7.27. The van der Waals surface area contributed by atoms with Crippen molar-refractivity contribution in [3.63, 3.8) is 0 Å². The van der Waals surface area contributed by atoms with Gasteiger partial charge in [-0.3, -0.25) is 4.79 Å². The fourth-order valence-corrected chi connectivity index (χ4v) is 2.68. The Bertz CT molecular complexity index is 475. The van der Waals surface area contributed by atoms with Crippen LogP contribution in [0.3, 0.4) is 0 Å². The van der Waals surface area contributed by atoms with Crippen LogP contribution in [0, 0.1) is 0 Å². The van der Waals surface area contributed by atoms with Crippen LogP contribution in [0.2, 0.25) is 0 Å². The van der Waals surface area contributed by atoms with E-state index >= 15 is 0 Å². The molecule has 0 aliphatic carbocycles. The summed E-state index contributed by atoms with van der Waals surface area (Å²) in [4.78, 5) is 18.7. The molecule has 3 N–H and O–H groups in total. The summed E-state index contributed by atoms with van der Waals surface area (Å²) < 4.78 is 0. The highest BCUT2D eigenvalue weighted by molar-refractivity contribution is 5.94. The number of nitrogens with zero attached hydrogens (tertiary/aromatic N) is 2. The lowest BCUT2D eigenvalue weighted by molar-refractivity contribution is 0.0943. The zero-order chi connectivity index (χ0) is 14.5. The molecule has 0 aromatic carbocycles. The Labute approximate surface area is 120 Å². The van der Waals surface area contributed by atoms with Crippen molar-refractivity contribution in [3.05, 3.63) is 23.4 Å². The molecule has 2 rings (SSSR count). The molecule has 1 saturated heterocycles. The average Bonchev–Trinajstić information content (AvgIpc) is 2.81. The molecule has 2 heterocycles. The van der Waals surface area contributed by atoms with Gasteiger partial charge in [0.1, 0.15) is 5.82 Å². The Morgan fingerprint density at radius 2 is 2.35 bits per heavy atom. The number of carbonyl (C=O) groups is 1. The number of aromatic nitrogens is 1. The Hall–Kier alpha value is -1.62. The van der Waals surface area contributed by atoms with E-state index in [-0.39, 0.29) is 5.91 Å². The molecule has 5 heteroatoms. The molecule has 1 atom stereocenters. The number of likely N-dealkylation sites (N-methyl/N-ethyl adjacent to an activating group) is 1. The maximum Gasteiger partial charge on any atom is 0.251 e. The lowest BCUT2D eigenvalue weighted by Gasteiger charge is -2.19. The number of nitrogens with one attached hydrogen (secondary N) is 1. The number of hydrogen-bond donors (Lipinski definition) is 2. The highest BCUT2D eigenvalue weighted by atomic mass is 16.1. The minimum Gasteiger partial charge on any atom is -0.384 e. The summed E-state index contributed by atoms with van der Waals surface area (Å²) >= 11 is 0. The van der Waals surface area contributed by atoms with Gasteiger partial charge in [0.15, 0.2) is 0 Å². The van der Waals surface area contributed by atoms with E-state index < -0.39 is 0 Å². The number of nitrogen functional groups attached to an aromatic ring is 1. The van der Waals surface area contributed by atoms with Crippen molar-refractivity contribution in [2.24, 2.45) is 0 Å². The zero-order valence-electron chi connectivity index (χ0n) is 12.4. The lowest BCUT2D eigenvalue weighted by Crippen LogP contribution is -2.38. The summed E-state index contributed by atoms with van der Waals surface area (Å²) in [5, 5.41) is 3.00. The van der Waals surface area contributed by atoms with Gasteiger partial charge < -0.3 is 16.0 Å². The Morgan fingerprint density at radius 1 is 1.55 bits per heavy atom. The molecule has 0 bridgehead atoms. The number of aryl methyl sites for hydroxylation is 1. The topological polar surface area (TPSA) is 71.2 Å². The van der Waals surface area contributed by atoms with Crippen LogP contribution < -0.4 is 11.1 Å². The number of anilines is 1. The average molecular weight is 276 g/mol. The van der Waals surface area contributed by atoms with Crippen molar-refractivity contribution in [2.45, 2.75) is 38.6 Å². The number of carbonyl (C=O) groups excluding carboxylic acids is 1. The van der Waals surface area contributed by atoms with Crippen molar-refractivity contribution in [3.8, 4) is 0 Å². The molecule has 5 nitrogen and oxygen atoms in total. The van der Waals surface area contributed by atoms with Crippen LogP contribution in [-0.2, 0) is 6.42 Å². The van der Waals surface area contributed by atoms with Gasteiger partial charge in [-0.1, -0.05) is 13.3 Å². The van der Waals surface area contributed by atoms with Gasteiger partial charge in [-0.15, -0.1) is 0 Å². The quantitative estimate of drug-likeness (QED) is 0.853. The van der Waals surface area contributed by atoms with Gasteiger partial charge >= 0.3 is 0 Å². The number of hydrogen-bond acceptors (Lipinski definition) is 4. The van der Waals surface area contributed by atoms with Crippen LogP contribution >= 0.6 is 0 Å². The van der Waals surface area contributed by atoms with Gasteiger partial charge in [0.25, 0.3) is 5.91 Å². The van der Waals surface area contributed by atoms with E-state index in [9.17, 15) is 4.79 Å². The second-order valence-electron chi connectivity index (χ2n) is 5.51. The van der Waals surface area contributed by atoms with Crippen molar-refractivity contribution in [2.75, 3.05) is 25.9 Å². The first-order valence-electron chi connectivity index (χ1n) is 7.35. The molecule has 0 spiro atoms. The third kappa shape index (κ3) is 3.70. The summed E-state index contributed by atoms with van der Waals surface area (Å²) in [5.74, 6) is 0.357. The smallest absolute Gasteiger partial charge is 0.251 e. The number of nitrogens with two attached hydrogens (primary N) is 1. The third-order valence-electron chi connectivity index (χ3n) is 3.84. The van der Waals surface area contributed by atoms with E-state index in [1.807, 2.05) is 6.07 Å². The molecule has 0 saturated carbocycles. The molecule has 20 heavy (non-hydrogen) atoms. The first-order chi connectivity index (χ1) is 9.60. The van der Waals surface area contributed by atoms with Crippen LogP contribution in [-0.4, -0.2) is 42.0 Å². The van der Waals surface area contributed by atoms with Crippen LogP contribution in [0.15, 0.2) is 12.1 Å². The van der Waals surface area contributed by atoms with Crippen LogP contribution in [0.25, 0.3) is 0 Å². The van der Waals surface area contributed by atoms with Crippen molar-refractivity contribution >= 4 is 11.7 Å². The first-order valence-corrected chi connectivity index (χ1v) is 7.35. The monoisotopic (exact) mass is 276 g/mol. The normalized spacial score (nSPS) is 19.2. The minimum absolute atomic E-state index is 0.0586. The van der Waals surface area contributed by atoms with E-state index in [1.54, 1.807) is 6.07 Å².